The highest BCUT2D eigenvalue weighted by molar-refractivity contribution is 8.00. The third-order valence-corrected chi connectivity index (χ3v) is 4.56. The van der Waals surface area contributed by atoms with Crippen LogP contribution >= 0.6 is 11.8 Å². The summed E-state index contributed by atoms with van der Waals surface area (Å²) < 4.78 is 0. The summed E-state index contributed by atoms with van der Waals surface area (Å²) in [4.78, 5) is 4.49. The van der Waals surface area contributed by atoms with Crippen molar-refractivity contribution in [3.8, 4) is 0 Å². The fourth-order valence-electron chi connectivity index (χ4n) is 1.97. The van der Waals surface area contributed by atoms with Gasteiger partial charge in [0.1, 0.15) is 5.82 Å². The number of hydrogen-bond donors (Lipinski definition) is 1. The Morgan fingerprint density at radius 1 is 1.41 bits per heavy atom. The van der Waals surface area contributed by atoms with Crippen LogP contribution in [-0.2, 0) is 5.41 Å². The van der Waals surface area contributed by atoms with E-state index in [1.54, 1.807) is 0 Å². The van der Waals surface area contributed by atoms with E-state index < -0.39 is 0 Å². The van der Waals surface area contributed by atoms with Crippen LogP contribution in [0.3, 0.4) is 0 Å². The van der Waals surface area contributed by atoms with E-state index in [0.717, 1.165) is 17.6 Å². The number of hydrogen-bond acceptors (Lipinski definition) is 3. The monoisotopic (exact) mass is 250 g/mol. The molecular weight excluding hydrogens is 228 g/mol. The molecule has 1 aliphatic heterocycles. The number of nitrogens with zero attached hydrogens (tertiary/aromatic N) is 1. The third kappa shape index (κ3) is 3.63. The average Bonchev–Trinajstić information content (AvgIpc) is 2.78. The molecule has 2 heterocycles. The van der Waals surface area contributed by atoms with Crippen LogP contribution < -0.4 is 5.32 Å². The second kappa shape index (κ2) is 5.30. The standard InChI is InChI=1S/C14H22N2S/c1-14(2,3)11-6-7-13(15-9-11)16-10-12-5-4-8-17-12/h6-7,9,12H,4-5,8,10H2,1-3H3,(H,15,16). The van der Waals surface area contributed by atoms with Gasteiger partial charge in [-0.25, -0.2) is 4.98 Å². The molecule has 0 aromatic carbocycles. The summed E-state index contributed by atoms with van der Waals surface area (Å²) in [5.41, 5.74) is 1.48. The molecular formula is C14H22N2S. The Bertz CT molecular complexity index is 347. The fourth-order valence-corrected chi connectivity index (χ4v) is 3.17. The number of aromatic nitrogens is 1. The van der Waals surface area contributed by atoms with Crippen molar-refractivity contribution in [3.63, 3.8) is 0 Å². The maximum Gasteiger partial charge on any atom is 0.125 e. The fraction of sp³-hybridized carbons (Fsp3) is 0.643. The first-order valence-electron chi connectivity index (χ1n) is 6.38. The minimum absolute atomic E-state index is 0.187. The van der Waals surface area contributed by atoms with Crippen molar-refractivity contribution in [2.24, 2.45) is 0 Å². The Balaban J connectivity index is 1.89. The second-order valence-electron chi connectivity index (χ2n) is 5.70. The Labute approximate surface area is 109 Å². The van der Waals surface area contributed by atoms with Gasteiger partial charge in [-0.15, -0.1) is 0 Å². The van der Waals surface area contributed by atoms with Crippen molar-refractivity contribution in [3.05, 3.63) is 23.9 Å². The lowest BCUT2D eigenvalue weighted by molar-refractivity contribution is 0.587. The molecule has 17 heavy (non-hydrogen) atoms. The van der Waals surface area contributed by atoms with Gasteiger partial charge in [0.2, 0.25) is 0 Å². The van der Waals surface area contributed by atoms with E-state index in [4.69, 9.17) is 0 Å². The molecule has 1 fully saturated rings. The minimum atomic E-state index is 0.187. The molecule has 0 bridgehead atoms. The number of thioether (sulfide) groups is 1. The number of anilines is 1. The Morgan fingerprint density at radius 2 is 2.24 bits per heavy atom. The van der Waals surface area contributed by atoms with Gasteiger partial charge in [0, 0.05) is 18.0 Å². The van der Waals surface area contributed by atoms with Crippen molar-refractivity contribution < 1.29 is 0 Å². The molecule has 1 aromatic heterocycles. The van der Waals surface area contributed by atoms with Crippen molar-refractivity contribution in [2.45, 2.75) is 44.3 Å². The van der Waals surface area contributed by atoms with Crippen molar-refractivity contribution >= 4 is 17.6 Å². The van der Waals surface area contributed by atoms with Gasteiger partial charge in [0.25, 0.3) is 0 Å². The van der Waals surface area contributed by atoms with Gasteiger partial charge in [-0.3, -0.25) is 0 Å². The first-order valence-corrected chi connectivity index (χ1v) is 7.42. The predicted octanol–water partition coefficient (Wildman–Crippen LogP) is 3.69. The van der Waals surface area contributed by atoms with Crippen LogP contribution in [0.1, 0.15) is 39.2 Å². The SMILES string of the molecule is CC(C)(C)c1ccc(NCC2CCCS2)nc1. The number of nitrogens with one attached hydrogen (secondary N) is 1. The zero-order valence-electron chi connectivity index (χ0n) is 11.0. The lowest BCUT2D eigenvalue weighted by Crippen LogP contribution is -2.15. The highest BCUT2D eigenvalue weighted by Crippen LogP contribution is 2.26. The first kappa shape index (κ1) is 12.7. The predicted molar refractivity (Wildman–Crippen MR) is 76.9 cm³/mol. The van der Waals surface area contributed by atoms with Crippen LogP contribution in [0, 0.1) is 0 Å². The molecule has 1 atom stereocenters. The van der Waals surface area contributed by atoms with Crippen LogP contribution in [0.15, 0.2) is 18.3 Å². The first-order chi connectivity index (χ1) is 8.05. The maximum atomic E-state index is 4.49. The molecule has 3 heteroatoms. The van der Waals surface area contributed by atoms with Gasteiger partial charge in [-0.05, 0) is 35.6 Å². The van der Waals surface area contributed by atoms with Crippen LogP contribution in [0.5, 0.6) is 0 Å². The van der Waals surface area contributed by atoms with Gasteiger partial charge in [-0.1, -0.05) is 26.8 Å². The van der Waals surface area contributed by atoms with E-state index >= 15 is 0 Å². The van der Waals surface area contributed by atoms with Crippen LogP contribution in [0.4, 0.5) is 5.82 Å². The van der Waals surface area contributed by atoms with Crippen LogP contribution in [0.2, 0.25) is 0 Å². The van der Waals surface area contributed by atoms with Crippen LogP contribution in [0.25, 0.3) is 0 Å². The molecule has 0 radical (unpaired) electrons. The summed E-state index contributed by atoms with van der Waals surface area (Å²) in [6.07, 6.45) is 4.70. The summed E-state index contributed by atoms with van der Waals surface area (Å²) in [6, 6.07) is 4.28. The number of pyridine rings is 1. The summed E-state index contributed by atoms with van der Waals surface area (Å²) in [5, 5.41) is 4.21. The quantitative estimate of drug-likeness (QED) is 0.885. The molecule has 0 aliphatic carbocycles. The van der Waals surface area contributed by atoms with Crippen molar-refractivity contribution in [1.29, 1.82) is 0 Å². The topological polar surface area (TPSA) is 24.9 Å². The highest BCUT2D eigenvalue weighted by atomic mass is 32.2. The molecule has 1 N–H and O–H groups in total. The van der Waals surface area contributed by atoms with E-state index in [2.05, 4.69) is 55.0 Å². The smallest absolute Gasteiger partial charge is 0.125 e. The second-order valence-corrected chi connectivity index (χ2v) is 7.11. The Hall–Kier alpha value is -0.700. The molecule has 2 nitrogen and oxygen atoms in total. The zero-order chi connectivity index (χ0) is 12.3. The lowest BCUT2D eigenvalue weighted by Gasteiger charge is -2.19. The Kier molecular flexibility index (Phi) is 3.97. The van der Waals surface area contributed by atoms with Gasteiger partial charge >= 0.3 is 0 Å². The zero-order valence-corrected chi connectivity index (χ0v) is 11.8. The summed E-state index contributed by atoms with van der Waals surface area (Å²) >= 11 is 2.08. The van der Waals surface area contributed by atoms with E-state index in [1.165, 1.54) is 24.2 Å². The third-order valence-electron chi connectivity index (χ3n) is 3.16. The maximum absolute atomic E-state index is 4.49. The molecule has 1 aliphatic rings. The molecule has 94 valence electrons. The van der Waals surface area contributed by atoms with Gasteiger partial charge < -0.3 is 5.32 Å². The summed E-state index contributed by atoms with van der Waals surface area (Å²) in [7, 11) is 0. The highest BCUT2D eigenvalue weighted by Gasteiger charge is 2.16. The number of rotatable bonds is 3. The molecule has 0 saturated carbocycles. The average molecular weight is 250 g/mol. The van der Waals surface area contributed by atoms with Crippen LogP contribution in [-0.4, -0.2) is 22.5 Å². The Morgan fingerprint density at radius 3 is 2.76 bits per heavy atom. The van der Waals surface area contributed by atoms with Gasteiger partial charge in [0.05, 0.1) is 0 Å². The molecule has 2 rings (SSSR count). The van der Waals surface area contributed by atoms with E-state index in [9.17, 15) is 0 Å². The lowest BCUT2D eigenvalue weighted by atomic mass is 9.88. The minimum Gasteiger partial charge on any atom is -0.369 e. The van der Waals surface area contributed by atoms with Gasteiger partial charge in [0.15, 0.2) is 0 Å². The normalized spacial score (nSPS) is 20.5. The van der Waals surface area contributed by atoms with Crippen molar-refractivity contribution in [2.75, 3.05) is 17.6 Å². The molecule has 1 saturated heterocycles. The van der Waals surface area contributed by atoms with E-state index in [0.29, 0.717) is 0 Å². The summed E-state index contributed by atoms with van der Waals surface area (Å²) in [6.45, 7) is 7.69. The van der Waals surface area contributed by atoms with Crippen molar-refractivity contribution in [1.82, 2.24) is 4.98 Å². The van der Waals surface area contributed by atoms with E-state index in [-0.39, 0.29) is 5.41 Å². The summed E-state index contributed by atoms with van der Waals surface area (Å²) in [5.74, 6) is 2.33. The molecule has 0 spiro atoms. The molecule has 1 unspecified atom stereocenters. The largest absolute Gasteiger partial charge is 0.369 e. The van der Waals surface area contributed by atoms with E-state index in [1.807, 2.05) is 6.20 Å². The molecule has 1 aromatic rings. The van der Waals surface area contributed by atoms with Gasteiger partial charge in [-0.2, -0.15) is 11.8 Å². The molecule has 0 amide bonds.